The molecule has 1 N–H and O–H groups in total. The fourth-order valence-corrected chi connectivity index (χ4v) is 2.93. The number of aromatic nitrogens is 3. The lowest BCUT2D eigenvalue weighted by Gasteiger charge is -2.13. The van der Waals surface area contributed by atoms with Gasteiger partial charge in [-0.1, -0.05) is 37.6 Å². The Morgan fingerprint density at radius 2 is 2.04 bits per heavy atom. The van der Waals surface area contributed by atoms with Crippen LogP contribution in [0.1, 0.15) is 33.1 Å². The van der Waals surface area contributed by atoms with Crippen molar-refractivity contribution >= 4 is 23.4 Å². The van der Waals surface area contributed by atoms with Crippen LogP contribution in [0.5, 0.6) is 0 Å². The molecule has 0 spiro atoms. The number of hydrogen-bond donors (Lipinski definition) is 1. The van der Waals surface area contributed by atoms with Gasteiger partial charge in [0.15, 0.2) is 5.16 Å². The zero-order valence-corrected chi connectivity index (χ0v) is 14.4. The maximum Gasteiger partial charge on any atom is 0.237 e. The van der Waals surface area contributed by atoms with Crippen LogP contribution in [0.3, 0.4) is 0 Å². The molecule has 0 saturated carbocycles. The van der Waals surface area contributed by atoms with Crippen LogP contribution in [0.25, 0.3) is 0 Å². The summed E-state index contributed by atoms with van der Waals surface area (Å²) >= 11 is 1.21. The average molecular weight is 354 g/mol. The van der Waals surface area contributed by atoms with Gasteiger partial charge in [-0.15, -0.1) is 10.2 Å². The number of thioether (sulfide) groups is 1. The molecule has 0 saturated heterocycles. The number of hydrogen-bond acceptors (Lipinski definition) is 4. The van der Waals surface area contributed by atoms with E-state index in [2.05, 4.69) is 22.4 Å². The number of carbonyl (C=O) groups excluding carboxylic acids is 1. The Morgan fingerprint density at radius 1 is 1.33 bits per heavy atom. The third-order valence-electron chi connectivity index (χ3n) is 3.44. The first-order valence-corrected chi connectivity index (χ1v) is 8.70. The Morgan fingerprint density at radius 3 is 2.71 bits per heavy atom. The Balaban J connectivity index is 1.98. The molecule has 8 heteroatoms. The minimum absolute atomic E-state index is 0.431. The molecule has 2 rings (SSSR count). The minimum Gasteiger partial charge on any atom is -0.320 e. The molecular formula is C16H20F2N4OS. The third-order valence-corrected chi connectivity index (χ3v) is 4.54. The summed E-state index contributed by atoms with van der Waals surface area (Å²) in [6.07, 6.45) is 4.84. The lowest BCUT2D eigenvalue weighted by molar-refractivity contribution is -0.115. The summed E-state index contributed by atoms with van der Waals surface area (Å²) in [7, 11) is 0. The highest BCUT2D eigenvalue weighted by Gasteiger charge is 2.20. The zero-order chi connectivity index (χ0) is 17.5. The number of amides is 1. The Hall–Kier alpha value is -1.96. The molecule has 24 heavy (non-hydrogen) atoms. The van der Waals surface area contributed by atoms with Crippen molar-refractivity contribution < 1.29 is 13.6 Å². The van der Waals surface area contributed by atoms with Gasteiger partial charge in [-0.25, -0.2) is 8.78 Å². The summed E-state index contributed by atoms with van der Waals surface area (Å²) in [4.78, 5) is 12.2. The van der Waals surface area contributed by atoms with E-state index in [1.54, 1.807) is 13.3 Å². The molecule has 2 aromatic rings. The zero-order valence-electron chi connectivity index (χ0n) is 13.6. The number of benzene rings is 1. The van der Waals surface area contributed by atoms with Crippen LogP contribution in [-0.4, -0.2) is 25.9 Å². The first-order valence-electron chi connectivity index (χ1n) is 7.82. The number of halogens is 2. The van der Waals surface area contributed by atoms with Gasteiger partial charge in [0, 0.05) is 6.54 Å². The van der Waals surface area contributed by atoms with Crippen molar-refractivity contribution in [2.45, 2.75) is 50.1 Å². The normalized spacial score (nSPS) is 12.2. The average Bonchev–Trinajstić information content (AvgIpc) is 2.98. The van der Waals surface area contributed by atoms with E-state index in [1.807, 2.05) is 4.57 Å². The van der Waals surface area contributed by atoms with Crippen molar-refractivity contribution in [2.24, 2.45) is 0 Å². The highest BCUT2D eigenvalue weighted by molar-refractivity contribution is 8.00. The van der Waals surface area contributed by atoms with Crippen LogP contribution >= 0.6 is 11.8 Å². The van der Waals surface area contributed by atoms with Crippen molar-refractivity contribution in [1.29, 1.82) is 0 Å². The molecule has 1 amide bonds. The molecule has 1 heterocycles. The summed E-state index contributed by atoms with van der Waals surface area (Å²) in [6.45, 7) is 4.55. The molecule has 5 nitrogen and oxygen atoms in total. The number of anilines is 1. The SMILES string of the molecule is CCCCCn1cnnc1S[C@@H](C)C(=O)Nc1c(F)cccc1F. The van der Waals surface area contributed by atoms with Gasteiger partial charge in [-0.05, 0) is 25.5 Å². The van der Waals surface area contributed by atoms with Crippen molar-refractivity contribution in [3.05, 3.63) is 36.2 Å². The van der Waals surface area contributed by atoms with Crippen LogP contribution in [-0.2, 0) is 11.3 Å². The predicted octanol–water partition coefficient (Wildman–Crippen LogP) is 3.87. The third kappa shape index (κ3) is 4.77. The van der Waals surface area contributed by atoms with Gasteiger partial charge in [0.25, 0.3) is 0 Å². The molecular weight excluding hydrogens is 334 g/mol. The van der Waals surface area contributed by atoms with Gasteiger partial charge in [0.2, 0.25) is 5.91 Å². The number of nitrogens with one attached hydrogen (secondary N) is 1. The number of rotatable bonds is 8. The number of nitrogens with zero attached hydrogens (tertiary/aromatic N) is 3. The van der Waals surface area contributed by atoms with E-state index < -0.39 is 28.5 Å². The smallest absolute Gasteiger partial charge is 0.237 e. The van der Waals surface area contributed by atoms with Crippen molar-refractivity contribution in [2.75, 3.05) is 5.32 Å². The standard InChI is InChI=1S/C16H20F2N4OS/c1-3-4-5-9-22-10-19-21-16(22)24-11(2)15(23)20-14-12(17)7-6-8-13(14)18/h6-8,10-11H,3-5,9H2,1-2H3,(H,20,23)/t11-/m0/s1. The summed E-state index contributed by atoms with van der Waals surface area (Å²) in [5.74, 6) is -2.10. The number of para-hydroxylation sites is 1. The number of aryl methyl sites for hydroxylation is 1. The molecule has 1 aromatic heterocycles. The van der Waals surface area contributed by atoms with E-state index in [0.29, 0.717) is 5.16 Å². The first-order chi connectivity index (χ1) is 11.5. The monoisotopic (exact) mass is 354 g/mol. The number of carbonyl (C=O) groups is 1. The summed E-state index contributed by atoms with van der Waals surface area (Å²) < 4.78 is 29.1. The maximum absolute atomic E-state index is 13.6. The molecule has 1 atom stereocenters. The highest BCUT2D eigenvalue weighted by atomic mass is 32.2. The maximum atomic E-state index is 13.6. The Kier molecular flexibility index (Phi) is 6.72. The van der Waals surface area contributed by atoms with Crippen molar-refractivity contribution in [3.63, 3.8) is 0 Å². The van der Waals surface area contributed by atoms with Gasteiger partial charge in [-0.3, -0.25) is 4.79 Å². The van der Waals surface area contributed by atoms with E-state index in [1.165, 1.54) is 17.8 Å². The molecule has 130 valence electrons. The van der Waals surface area contributed by atoms with Crippen LogP contribution in [0.4, 0.5) is 14.5 Å². The molecule has 0 bridgehead atoms. The molecule has 0 aliphatic rings. The lowest BCUT2D eigenvalue weighted by Crippen LogP contribution is -2.24. The molecule has 0 radical (unpaired) electrons. The van der Waals surface area contributed by atoms with E-state index in [9.17, 15) is 13.6 Å². The van der Waals surface area contributed by atoms with Gasteiger partial charge in [0.05, 0.1) is 5.25 Å². The Labute approximate surface area is 143 Å². The lowest BCUT2D eigenvalue weighted by atomic mass is 10.2. The van der Waals surface area contributed by atoms with Gasteiger partial charge in [0.1, 0.15) is 23.6 Å². The van der Waals surface area contributed by atoms with Crippen molar-refractivity contribution in [3.8, 4) is 0 Å². The fourth-order valence-electron chi connectivity index (χ4n) is 2.07. The second kappa shape index (κ2) is 8.77. The Bertz CT molecular complexity index is 672. The van der Waals surface area contributed by atoms with Crippen LogP contribution < -0.4 is 5.32 Å². The van der Waals surface area contributed by atoms with Gasteiger partial charge >= 0.3 is 0 Å². The van der Waals surface area contributed by atoms with E-state index in [4.69, 9.17) is 0 Å². The van der Waals surface area contributed by atoms with Crippen LogP contribution in [0.2, 0.25) is 0 Å². The quantitative estimate of drug-likeness (QED) is 0.577. The van der Waals surface area contributed by atoms with Gasteiger partial charge < -0.3 is 9.88 Å². The summed E-state index contributed by atoms with van der Waals surface area (Å²) in [5, 5.41) is 10.2. The van der Waals surface area contributed by atoms with Gasteiger partial charge in [-0.2, -0.15) is 0 Å². The molecule has 0 fully saturated rings. The second-order valence-corrected chi connectivity index (χ2v) is 6.67. The second-order valence-electron chi connectivity index (χ2n) is 5.36. The highest BCUT2D eigenvalue weighted by Crippen LogP contribution is 2.24. The minimum atomic E-state index is -0.803. The van der Waals surface area contributed by atoms with Crippen molar-refractivity contribution in [1.82, 2.24) is 14.8 Å². The van der Waals surface area contributed by atoms with E-state index in [0.717, 1.165) is 37.9 Å². The summed E-state index contributed by atoms with van der Waals surface area (Å²) in [5.41, 5.74) is -0.431. The summed E-state index contributed by atoms with van der Waals surface area (Å²) in [6, 6.07) is 3.44. The number of unbranched alkanes of at least 4 members (excludes halogenated alkanes) is 2. The first kappa shape index (κ1) is 18.4. The molecule has 0 aliphatic heterocycles. The fraction of sp³-hybridized carbons (Fsp3) is 0.438. The van der Waals surface area contributed by atoms with Crippen LogP contribution in [0.15, 0.2) is 29.7 Å². The molecule has 0 unspecified atom stereocenters. The largest absolute Gasteiger partial charge is 0.320 e. The van der Waals surface area contributed by atoms with Crippen LogP contribution in [0, 0.1) is 11.6 Å². The van der Waals surface area contributed by atoms with E-state index in [-0.39, 0.29) is 0 Å². The molecule has 1 aromatic carbocycles. The topological polar surface area (TPSA) is 59.8 Å². The predicted molar refractivity (Wildman–Crippen MR) is 89.9 cm³/mol. The van der Waals surface area contributed by atoms with E-state index >= 15 is 0 Å². The molecule has 0 aliphatic carbocycles.